The first-order valence-corrected chi connectivity index (χ1v) is 5.59. The van der Waals surface area contributed by atoms with Gasteiger partial charge in [-0.1, -0.05) is 0 Å². The van der Waals surface area contributed by atoms with Crippen molar-refractivity contribution in [2.24, 2.45) is 0 Å². The maximum absolute atomic E-state index is 11.7. The molecule has 98 valence electrons. The minimum atomic E-state index is -0.999. The molecule has 0 unspecified atom stereocenters. The average Bonchev–Trinajstić information content (AvgIpc) is 2.60. The molecule has 6 heteroatoms. The van der Waals surface area contributed by atoms with Crippen LogP contribution >= 0.6 is 0 Å². The zero-order valence-corrected chi connectivity index (χ0v) is 10.4. The number of carbonyl (C=O) groups is 2. The molecule has 0 bridgehead atoms. The number of carboxylic acid groups (broad SMARTS) is 1. The lowest BCUT2D eigenvalue weighted by molar-refractivity contribution is -0.144. The Morgan fingerprint density at radius 2 is 2.06 bits per heavy atom. The Balaban J connectivity index is 2.34. The van der Waals surface area contributed by atoms with Crippen LogP contribution in [0.4, 0.5) is 4.79 Å². The third-order valence-corrected chi connectivity index (χ3v) is 2.24. The van der Waals surface area contributed by atoms with E-state index in [0.717, 1.165) is 0 Å². The Morgan fingerprint density at radius 1 is 1.41 bits per heavy atom. The van der Waals surface area contributed by atoms with Gasteiger partial charge in [-0.05, 0) is 27.2 Å². The predicted octanol–water partition coefficient (Wildman–Crippen LogP) is 1.10. The van der Waals surface area contributed by atoms with E-state index in [4.69, 9.17) is 14.6 Å². The highest BCUT2D eigenvalue weighted by Gasteiger charge is 2.30. The molecule has 0 saturated carbocycles. The first-order valence-electron chi connectivity index (χ1n) is 5.59. The van der Waals surface area contributed by atoms with Crippen LogP contribution in [0.1, 0.15) is 27.2 Å². The quantitative estimate of drug-likeness (QED) is 0.805. The smallest absolute Gasteiger partial charge is 0.410 e. The fourth-order valence-electron chi connectivity index (χ4n) is 1.55. The van der Waals surface area contributed by atoms with Gasteiger partial charge in [0.1, 0.15) is 12.2 Å². The van der Waals surface area contributed by atoms with E-state index < -0.39 is 11.6 Å². The highest BCUT2D eigenvalue weighted by molar-refractivity contribution is 5.69. The number of likely N-dealkylation sites (tertiary alicyclic amines) is 1. The highest BCUT2D eigenvalue weighted by atomic mass is 16.6. The Hall–Kier alpha value is -1.30. The molecule has 1 amide bonds. The molecule has 0 spiro atoms. The average molecular weight is 245 g/mol. The minimum Gasteiger partial charge on any atom is -0.480 e. The molecule has 17 heavy (non-hydrogen) atoms. The lowest BCUT2D eigenvalue weighted by atomic mass is 10.2. The van der Waals surface area contributed by atoms with Crippen LogP contribution in [0.3, 0.4) is 0 Å². The van der Waals surface area contributed by atoms with Gasteiger partial charge < -0.3 is 19.5 Å². The molecule has 0 aromatic rings. The molecule has 1 aliphatic rings. The number of hydrogen-bond donors (Lipinski definition) is 1. The number of amides is 1. The number of carbonyl (C=O) groups excluding carboxylic acids is 1. The van der Waals surface area contributed by atoms with Gasteiger partial charge in [0, 0.05) is 6.54 Å². The standard InChI is InChI=1S/C11H19NO5/c1-11(2,3)17-10(15)12-5-4-8(6-12)16-7-9(13)14/h8H,4-7H2,1-3H3,(H,13,14)/t8-/m1/s1. The fraction of sp³-hybridized carbons (Fsp3) is 0.818. The Morgan fingerprint density at radius 3 is 2.59 bits per heavy atom. The predicted molar refractivity (Wildman–Crippen MR) is 59.8 cm³/mol. The molecule has 0 aromatic carbocycles. The third-order valence-electron chi connectivity index (χ3n) is 2.24. The molecule has 1 fully saturated rings. The van der Waals surface area contributed by atoms with Crippen molar-refractivity contribution in [3.05, 3.63) is 0 Å². The third kappa shape index (κ3) is 5.04. The van der Waals surface area contributed by atoms with Crippen molar-refractivity contribution in [1.82, 2.24) is 4.90 Å². The monoisotopic (exact) mass is 245 g/mol. The van der Waals surface area contributed by atoms with E-state index in [2.05, 4.69) is 0 Å². The molecule has 0 aliphatic carbocycles. The molecule has 0 radical (unpaired) electrons. The molecular weight excluding hydrogens is 226 g/mol. The fourth-order valence-corrected chi connectivity index (χ4v) is 1.55. The largest absolute Gasteiger partial charge is 0.480 e. The summed E-state index contributed by atoms with van der Waals surface area (Å²) >= 11 is 0. The van der Waals surface area contributed by atoms with Gasteiger partial charge >= 0.3 is 12.1 Å². The second-order valence-corrected chi connectivity index (χ2v) is 5.04. The SMILES string of the molecule is CC(C)(C)OC(=O)N1CC[C@@H](OCC(=O)O)C1. The summed E-state index contributed by atoms with van der Waals surface area (Å²) in [5.74, 6) is -0.999. The minimum absolute atomic E-state index is 0.210. The van der Waals surface area contributed by atoms with Crippen molar-refractivity contribution < 1.29 is 24.2 Å². The Kier molecular flexibility index (Phi) is 4.34. The first-order chi connectivity index (χ1) is 7.78. The van der Waals surface area contributed by atoms with Crippen LogP contribution in [0, 0.1) is 0 Å². The molecule has 1 aliphatic heterocycles. The van der Waals surface area contributed by atoms with Crippen LogP contribution in [0.25, 0.3) is 0 Å². The van der Waals surface area contributed by atoms with E-state index >= 15 is 0 Å². The van der Waals surface area contributed by atoms with Crippen LogP contribution in [0.5, 0.6) is 0 Å². The van der Waals surface area contributed by atoms with Gasteiger partial charge in [0.15, 0.2) is 0 Å². The van der Waals surface area contributed by atoms with Crippen LogP contribution < -0.4 is 0 Å². The summed E-state index contributed by atoms with van der Waals surface area (Å²) in [4.78, 5) is 23.5. The van der Waals surface area contributed by atoms with E-state index in [1.165, 1.54) is 4.90 Å². The number of nitrogens with zero attached hydrogens (tertiary/aromatic N) is 1. The van der Waals surface area contributed by atoms with Gasteiger partial charge in [-0.25, -0.2) is 9.59 Å². The van der Waals surface area contributed by atoms with E-state index in [1.807, 2.05) is 0 Å². The molecule has 1 saturated heterocycles. The summed E-state index contributed by atoms with van der Waals surface area (Å²) in [6.07, 6.45) is 0.0598. The summed E-state index contributed by atoms with van der Waals surface area (Å²) < 4.78 is 10.3. The van der Waals surface area contributed by atoms with Gasteiger partial charge in [0.05, 0.1) is 12.6 Å². The van der Waals surface area contributed by atoms with E-state index in [-0.39, 0.29) is 18.8 Å². The first kappa shape index (κ1) is 13.8. The number of aliphatic carboxylic acids is 1. The van der Waals surface area contributed by atoms with Crippen LogP contribution in [-0.2, 0) is 14.3 Å². The molecule has 1 N–H and O–H groups in total. The summed E-state index contributed by atoms with van der Waals surface area (Å²) in [6, 6.07) is 0. The summed E-state index contributed by atoms with van der Waals surface area (Å²) in [5.41, 5.74) is -0.517. The van der Waals surface area contributed by atoms with Crippen molar-refractivity contribution in [2.75, 3.05) is 19.7 Å². The van der Waals surface area contributed by atoms with Gasteiger partial charge in [0.25, 0.3) is 0 Å². The van der Waals surface area contributed by atoms with Gasteiger partial charge in [-0.3, -0.25) is 0 Å². The van der Waals surface area contributed by atoms with E-state index in [1.54, 1.807) is 20.8 Å². The number of carboxylic acids is 1. The topological polar surface area (TPSA) is 76.1 Å². The zero-order valence-electron chi connectivity index (χ0n) is 10.4. The molecule has 0 aromatic heterocycles. The van der Waals surface area contributed by atoms with Crippen LogP contribution in [-0.4, -0.2) is 53.5 Å². The van der Waals surface area contributed by atoms with Crippen LogP contribution in [0.2, 0.25) is 0 Å². The highest BCUT2D eigenvalue weighted by Crippen LogP contribution is 2.16. The Labute approximate surface area is 100 Å². The lowest BCUT2D eigenvalue weighted by Gasteiger charge is -2.24. The maximum atomic E-state index is 11.7. The second kappa shape index (κ2) is 5.35. The van der Waals surface area contributed by atoms with E-state index in [9.17, 15) is 9.59 Å². The lowest BCUT2D eigenvalue weighted by Crippen LogP contribution is -2.36. The number of rotatable bonds is 3. The second-order valence-electron chi connectivity index (χ2n) is 5.04. The normalized spacial score (nSPS) is 20.4. The molecule has 1 atom stereocenters. The summed E-state index contributed by atoms with van der Waals surface area (Å²) in [5, 5.41) is 8.47. The van der Waals surface area contributed by atoms with Crippen LogP contribution in [0.15, 0.2) is 0 Å². The molecule has 1 rings (SSSR count). The van der Waals surface area contributed by atoms with Crippen molar-refractivity contribution in [3.63, 3.8) is 0 Å². The Bertz CT molecular complexity index is 297. The van der Waals surface area contributed by atoms with E-state index in [0.29, 0.717) is 19.5 Å². The summed E-state index contributed by atoms with van der Waals surface area (Å²) in [6.45, 7) is 6.02. The molecule has 1 heterocycles. The van der Waals surface area contributed by atoms with Gasteiger partial charge in [-0.2, -0.15) is 0 Å². The maximum Gasteiger partial charge on any atom is 0.410 e. The van der Waals surface area contributed by atoms with Crippen molar-refractivity contribution >= 4 is 12.1 Å². The number of ether oxygens (including phenoxy) is 2. The summed E-state index contributed by atoms with van der Waals surface area (Å²) in [7, 11) is 0. The van der Waals surface area contributed by atoms with Crippen molar-refractivity contribution in [2.45, 2.75) is 38.9 Å². The molecular formula is C11H19NO5. The van der Waals surface area contributed by atoms with Crippen molar-refractivity contribution in [1.29, 1.82) is 0 Å². The molecule has 6 nitrogen and oxygen atoms in total. The zero-order chi connectivity index (χ0) is 13.1. The van der Waals surface area contributed by atoms with Gasteiger partial charge in [0.2, 0.25) is 0 Å². The number of hydrogen-bond acceptors (Lipinski definition) is 4. The van der Waals surface area contributed by atoms with Gasteiger partial charge in [-0.15, -0.1) is 0 Å². The van der Waals surface area contributed by atoms with Crippen molar-refractivity contribution in [3.8, 4) is 0 Å².